The molecule has 0 aliphatic heterocycles. The van der Waals surface area contributed by atoms with Gasteiger partial charge in [0.15, 0.2) is 0 Å². The van der Waals surface area contributed by atoms with E-state index in [1.165, 1.54) is 0 Å². The highest BCUT2D eigenvalue weighted by molar-refractivity contribution is 7.15. The van der Waals surface area contributed by atoms with Crippen LogP contribution in [0.5, 0.6) is 0 Å². The summed E-state index contributed by atoms with van der Waals surface area (Å²) in [6.45, 7) is 3.07. The maximum absolute atomic E-state index is 12.2. The van der Waals surface area contributed by atoms with Crippen LogP contribution in [-0.2, 0) is 6.18 Å². The first-order valence-corrected chi connectivity index (χ1v) is 5.59. The highest BCUT2D eigenvalue weighted by atomic mass is 32.1. The zero-order valence-electron chi connectivity index (χ0n) is 8.71. The number of alkyl halides is 3. The van der Waals surface area contributed by atoms with Crippen LogP contribution in [0.15, 0.2) is 0 Å². The van der Waals surface area contributed by atoms with Gasteiger partial charge in [-0.2, -0.15) is 13.2 Å². The Hall–Kier alpha value is -0.890. The molecule has 0 aromatic carbocycles. The van der Waals surface area contributed by atoms with Crippen molar-refractivity contribution in [3.63, 3.8) is 0 Å². The molecule has 0 spiro atoms. The number of hydrogen-bond acceptors (Lipinski definition) is 5. The second kappa shape index (κ2) is 5.44. The minimum atomic E-state index is -4.42. The van der Waals surface area contributed by atoms with E-state index in [2.05, 4.69) is 15.5 Å². The van der Waals surface area contributed by atoms with Crippen molar-refractivity contribution in [2.75, 3.05) is 18.4 Å². The minimum absolute atomic E-state index is 0.191. The smallest absolute Gasteiger partial charge is 0.360 e. The van der Waals surface area contributed by atoms with Gasteiger partial charge in [-0.3, -0.25) is 0 Å². The monoisotopic (exact) mass is 254 g/mol. The fraction of sp³-hybridized carbons (Fsp3) is 0.750. The molecule has 16 heavy (non-hydrogen) atoms. The maximum atomic E-state index is 12.2. The van der Waals surface area contributed by atoms with Crippen LogP contribution in [0.4, 0.5) is 18.3 Å². The average Bonchev–Trinajstić information content (AvgIpc) is 2.63. The molecule has 0 amide bonds. The van der Waals surface area contributed by atoms with Gasteiger partial charge in [0.1, 0.15) is 0 Å². The van der Waals surface area contributed by atoms with E-state index >= 15 is 0 Å². The molecule has 0 fully saturated rings. The first kappa shape index (κ1) is 13.2. The van der Waals surface area contributed by atoms with Crippen LogP contribution in [0.25, 0.3) is 0 Å². The summed E-state index contributed by atoms with van der Waals surface area (Å²) in [5, 5.41) is 8.56. The summed E-state index contributed by atoms with van der Waals surface area (Å²) >= 11 is 0.510. The second-order valence-corrected chi connectivity index (χ2v) is 4.45. The second-order valence-electron chi connectivity index (χ2n) is 3.47. The van der Waals surface area contributed by atoms with E-state index in [1.54, 1.807) is 0 Å². The van der Waals surface area contributed by atoms with Crippen molar-refractivity contribution in [1.29, 1.82) is 0 Å². The van der Waals surface area contributed by atoms with Gasteiger partial charge in [-0.15, -0.1) is 10.2 Å². The summed E-state index contributed by atoms with van der Waals surface area (Å²) in [5.74, 6) is 0.295. The number of halogens is 3. The lowest BCUT2D eigenvalue weighted by molar-refractivity contribution is -0.138. The van der Waals surface area contributed by atoms with Gasteiger partial charge in [0, 0.05) is 6.54 Å². The van der Waals surface area contributed by atoms with Crippen LogP contribution in [0.2, 0.25) is 0 Å². The molecule has 1 aromatic rings. The summed E-state index contributed by atoms with van der Waals surface area (Å²) in [4.78, 5) is 0. The molecular weight excluding hydrogens is 241 g/mol. The quantitative estimate of drug-likeness (QED) is 0.843. The van der Waals surface area contributed by atoms with Gasteiger partial charge in [0.2, 0.25) is 10.1 Å². The van der Waals surface area contributed by atoms with Gasteiger partial charge in [0.25, 0.3) is 0 Å². The predicted octanol–water partition coefficient (Wildman–Crippen LogP) is 1.95. The Bertz CT molecular complexity index is 325. The largest absolute Gasteiger partial charge is 0.445 e. The fourth-order valence-corrected chi connectivity index (χ4v) is 1.68. The van der Waals surface area contributed by atoms with Crippen LogP contribution in [0.3, 0.4) is 0 Å². The molecule has 0 aliphatic rings. The maximum Gasteiger partial charge on any atom is 0.445 e. The topological polar surface area (TPSA) is 63.8 Å². The van der Waals surface area contributed by atoms with E-state index in [1.807, 2.05) is 6.92 Å². The Morgan fingerprint density at radius 3 is 2.62 bits per heavy atom. The van der Waals surface area contributed by atoms with Crippen molar-refractivity contribution >= 4 is 16.5 Å². The van der Waals surface area contributed by atoms with Crippen molar-refractivity contribution in [1.82, 2.24) is 10.2 Å². The lowest BCUT2D eigenvalue weighted by Crippen LogP contribution is -2.15. The van der Waals surface area contributed by atoms with Gasteiger partial charge in [-0.05, 0) is 18.9 Å². The first-order valence-electron chi connectivity index (χ1n) is 4.78. The van der Waals surface area contributed by atoms with Crippen LogP contribution in [0, 0.1) is 5.92 Å². The molecule has 0 saturated heterocycles. The molecule has 3 N–H and O–H groups in total. The summed E-state index contributed by atoms with van der Waals surface area (Å²) in [6, 6.07) is 0. The van der Waals surface area contributed by atoms with Crippen molar-refractivity contribution < 1.29 is 13.2 Å². The summed E-state index contributed by atoms with van der Waals surface area (Å²) in [6.07, 6.45) is -3.60. The van der Waals surface area contributed by atoms with E-state index in [0.717, 1.165) is 6.42 Å². The summed E-state index contributed by atoms with van der Waals surface area (Å²) in [5.41, 5.74) is 5.36. The molecule has 1 rings (SSSR count). The molecule has 1 atom stereocenters. The van der Waals surface area contributed by atoms with Gasteiger partial charge < -0.3 is 11.1 Å². The number of hydrogen-bond donors (Lipinski definition) is 2. The third-order valence-corrected chi connectivity index (χ3v) is 2.85. The van der Waals surface area contributed by atoms with Crippen LogP contribution < -0.4 is 11.1 Å². The zero-order chi connectivity index (χ0) is 12.2. The van der Waals surface area contributed by atoms with E-state index in [-0.39, 0.29) is 5.13 Å². The Balaban J connectivity index is 2.47. The van der Waals surface area contributed by atoms with Crippen molar-refractivity contribution in [2.45, 2.75) is 19.5 Å². The van der Waals surface area contributed by atoms with E-state index < -0.39 is 11.2 Å². The molecule has 1 heterocycles. The molecular formula is C8H13F3N4S. The number of aromatic nitrogens is 2. The van der Waals surface area contributed by atoms with E-state index in [4.69, 9.17) is 5.73 Å². The van der Waals surface area contributed by atoms with Crippen LogP contribution in [-0.4, -0.2) is 23.3 Å². The SMILES string of the molecule is CC(CCN)CNc1nnc(C(F)(F)F)s1. The molecule has 0 radical (unpaired) electrons. The van der Waals surface area contributed by atoms with Crippen molar-refractivity contribution in [3.05, 3.63) is 5.01 Å². The normalized spacial score (nSPS) is 13.8. The van der Waals surface area contributed by atoms with Crippen molar-refractivity contribution in [3.8, 4) is 0 Å². The Labute approximate surface area is 95.1 Å². The lowest BCUT2D eigenvalue weighted by atomic mass is 10.1. The molecule has 1 aromatic heterocycles. The van der Waals surface area contributed by atoms with Crippen molar-refractivity contribution in [2.24, 2.45) is 11.7 Å². The molecule has 0 aliphatic carbocycles. The standard InChI is InChI=1S/C8H13F3N4S/c1-5(2-3-12)4-13-7-15-14-6(16-7)8(9,10)11/h5H,2-4,12H2,1H3,(H,13,15). The molecule has 0 saturated carbocycles. The molecule has 0 bridgehead atoms. The first-order chi connectivity index (χ1) is 7.43. The molecule has 1 unspecified atom stereocenters. The Morgan fingerprint density at radius 1 is 1.44 bits per heavy atom. The van der Waals surface area contributed by atoms with Gasteiger partial charge >= 0.3 is 6.18 Å². The highest BCUT2D eigenvalue weighted by Crippen LogP contribution is 2.32. The van der Waals surface area contributed by atoms with Crippen LogP contribution >= 0.6 is 11.3 Å². The number of nitrogens with zero attached hydrogens (tertiary/aromatic N) is 2. The number of anilines is 1. The number of nitrogens with one attached hydrogen (secondary N) is 1. The van der Waals surface area contributed by atoms with Crippen LogP contribution in [0.1, 0.15) is 18.4 Å². The minimum Gasteiger partial charge on any atom is -0.360 e. The van der Waals surface area contributed by atoms with Gasteiger partial charge in [0.05, 0.1) is 0 Å². The Morgan fingerprint density at radius 2 is 2.12 bits per heavy atom. The van der Waals surface area contributed by atoms with E-state index in [9.17, 15) is 13.2 Å². The van der Waals surface area contributed by atoms with Gasteiger partial charge in [-0.1, -0.05) is 18.3 Å². The lowest BCUT2D eigenvalue weighted by Gasteiger charge is -2.09. The number of rotatable bonds is 5. The predicted molar refractivity (Wildman–Crippen MR) is 56.2 cm³/mol. The molecule has 4 nitrogen and oxygen atoms in total. The van der Waals surface area contributed by atoms with Gasteiger partial charge in [-0.25, -0.2) is 0 Å². The number of nitrogens with two attached hydrogens (primary N) is 1. The third kappa shape index (κ3) is 3.93. The molecule has 92 valence electrons. The zero-order valence-corrected chi connectivity index (χ0v) is 9.53. The Kier molecular flexibility index (Phi) is 4.48. The highest BCUT2D eigenvalue weighted by Gasteiger charge is 2.35. The average molecular weight is 254 g/mol. The fourth-order valence-electron chi connectivity index (χ4n) is 1.06. The molecule has 8 heteroatoms. The van der Waals surface area contributed by atoms with E-state index in [0.29, 0.717) is 30.3 Å². The summed E-state index contributed by atoms with van der Waals surface area (Å²) < 4.78 is 36.6. The third-order valence-electron chi connectivity index (χ3n) is 1.93. The summed E-state index contributed by atoms with van der Waals surface area (Å²) in [7, 11) is 0.